The number of allylic oxidation sites excluding steroid dienone is 1. The number of amides is 2. The Balaban J connectivity index is 2.46. The minimum absolute atomic E-state index is 0.0330. The molecule has 4 nitrogen and oxygen atoms in total. The summed E-state index contributed by atoms with van der Waals surface area (Å²) >= 11 is 0. The normalized spacial score (nSPS) is 14.8. The molecule has 2 aromatic rings. The second-order valence-corrected chi connectivity index (χ2v) is 8.56. The first-order valence-corrected chi connectivity index (χ1v) is 11.1. The van der Waals surface area contributed by atoms with Crippen LogP contribution in [0.3, 0.4) is 0 Å². The van der Waals surface area contributed by atoms with Gasteiger partial charge in [-0.15, -0.1) is 0 Å². The van der Waals surface area contributed by atoms with Crippen molar-refractivity contribution >= 4 is 17.6 Å². The molecular weight excluding hydrogens is 614 g/mol. The molecule has 0 heterocycles. The van der Waals surface area contributed by atoms with Crippen LogP contribution in [0.15, 0.2) is 42.5 Å². The molecule has 18 heteroatoms. The lowest BCUT2D eigenvalue weighted by Crippen LogP contribution is -2.47. The Labute approximate surface area is 226 Å². The molecule has 2 N–H and O–H groups in total. The van der Waals surface area contributed by atoms with E-state index in [4.69, 9.17) is 0 Å². The van der Waals surface area contributed by atoms with Crippen molar-refractivity contribution in [2.24, 2.45) is 0 Å². The van der Waals surface area contributed by atoms with E-state index >= 15 is 0 Å². The monoisotopic (exact) mass is 630 g/mol. The summed E-state index contributed by atoms with van der Waals surface area (Å²) in [6, 6.07) is -1.15. The van der Waals surface area contributed by atoms with E-state index in [1.165, 1.54) is 5.32 Å². The highest BCUT2D eigenvalue weighted by atomic mass is 19.4. The van der Waals surface area contributed by atoms with Crippen LogP contribution in [0.5, 0.6) is 0 Å². The zero-order chi connectivity index (χ0) is 32.4. The summed E-state index contributed by atoms with van der Waals surface area (Å²) in [6.45, 7) is -0.993. The second-order valence-electron chi connectivity index (χ2n) is 8.56. The summed E-state index contributed by atoms with van der Waals surface area (Å²) in [6.07, 6.45) is -21.3. The number of alkyl halides is 12. The predicted octanol–water partition coefficient (Wildman–Crippen LogP) is 7.32. The smallest absolute Gasteiger partial charge is 0.345 e. The Morgan fingerprint density at radius 3 is 1.88 bits per heavy atom. The van der Waals surface area contributed by atoms with E-state index in [2.05, 4.69) is 0 Å². The van der Waals surface area contributed by atoms with Crippen LogP contribution in [0.4, 0.5) is 61.5 Å². The molecule has 2 rings (SSSR count). The van der Waals surface area contributed by atoms with Crippen molar-refractivity contribution in [3.05, 3.63) is 76.1 Å². The Bertz CT molecular complexity index is 1340. The van der Waals surface area contributed by atoms with Gasteiger partial charge in [-0.2, -0.15) is 52.7 Å². The van der Waals surface area contributed by atoms with Gasteiger partial charge in [-0.3, -0.25) is 9.59 Å². The molecule has 0 aliphatic heterocycles. The third-order valence-corrected chi connectivity index (χ3v) is 5.37. The maximum Gasteiger partial charge on any atom is 0.419 e. The highest BCUT2D eigenvalue weighted by Crippen LogP contribution is 2.41. The molecule has 0 radical (unpaired) electrons. The number of nitrogens with one attached hydrogen (secondary N) is 2. The third-order valence-electron chi connectivity index (χ3n) is 5.37. The summed E-state index contributed by atoms with van der Waals surface area (Å²) in [5, 5.41) is 3.07. The molecule has 2 aromatic carbocycles. The largest absolute Gasteiger partial charge is 0.419 e. The molecule has 0 spiro atoms. The van der Waals surface area contributed by atoms with Crippen molar-refractivity contribution in [1.29, 1.82) is 0 Å². The standard InChI is InChI=1S/C24H16F14N2O2/c1-10(19(41)39-9-21(27,28)29)40-20(42)13-4-2-12(6-16(13)24(36,37)38)17(25)8-15(23(33,34)35)11-3-5-14(18(26)7-11)22(30,31)32/h2-8,10,15H,9H2,1H3,(H,39,41)(H,40,42)/b17-8-/t10-,15?/m1/s1. The van der Waals surface area contributed by atoms with Crippen LogP contribution in [0.1, 0.15) is 45.5 Å². The number of carbonyl (C=O) groups excluding carboxylic acids is 2. The molecule has 0 aliphatic carbocycles. The number of hydrogen-bond donors (Lipinski definition) is 2. The number of benzene rings is 2. The Morgan fingerprint density at radius 1 is 0.833 bits per heavy atom. The minimum atomic E-state index is -5.46. The van der Waals surface area contributed by atoms with Crippen molar-refractivity contribution in [3.63, 3.8) is 0 Å². The third kappa shape index (κ3) is 9.07. The van der Waals surface area contributed by atoms with E-state index in [0.717, 1.165) is 6.92 Å². The van der Waals surface area contributed by atoms with E-state index in [-0.39, 0.29) is 30.3 Å². The van der Waals surface area contributed by atoms with E-state index in [9.17, 15) is 71.1 Å². The first-order valence-electron chi connectivity index (χ1n) is 11.1. The lowest BCUT2D eigenvalue weighted by atomic mass is 9.94. The van der Waals surface area contributed by atoms with Gasteiger partial charge < -0.3 is 10.6 Å². The number of halogens is 14. The van der Waals surface area contributed by atoms with Gasteiger partial charge in [-0.25, -0.2) is 8.78 Å². The molecule has 232 valence electrons. The van der Waals surface area contributed by atoms with Crippen LogP contribution in [0, 0.1) is 5.82 Å². The zero-order valence-corrected chi connectivity index (χ0v) is 20.5. The number of hydrogen-bond acceptors (Lipinski definition) is 2. The van der Waals surface area contributed by atoms with Crippen molar-refractivity contribution in [1.82, 2.24) is 10.6 Å². The van der Waals surface area contributed by atoms with Gasteiger partial charge in [-0.1, -0.05) is 12.1 Å². The molecule has 0 aliphatic rings. The Hall–Kier alpha value is -3.86. The van der Waals surface area contributed by atoms with Crippen molar-refractivity contribution in [2.45, 2.75) is 43.6 Å². The van der Waals surface area contributed by atoms with Gasteiger partial charge in [0.25, 0.3) is 5.91 Å². The quantitative estimate of drug-likeness (QED) is 0.315. The van der Waals surface area contributed by atoms with Crippen molar-refractivity contribution < 1.29 is 71.1 Å². The van der Waals surface area contributed by atoms with Gasteiger partial charge in [0.15, 0.2) is 0 Å². The van der Waals surface area contributed by atoms with Crippen molar-refractivity contribution in [2.75, 3.05) is 6.54 Å². The maximum absolute atomic E-state index is 14.8. The molecule has 0 aromatic heterocycles. The summed E-state index contributed by atoms with van der Waals surface area (Å²) in [7, 11) is 0. The zero-order valence-electron chi connectivity index (χ0n) is 20.5. The highest BCUT2D eigenvalue weighted by molar-refractivity contribution is 5.99. The molecule has 0 saturated carbocycles. The van der Waals surface area contributed by atoms with Crippen LogP contribution >= 0.6 is 0 Å². The van der Waals surface area contributed by atoms with Gasteiger partial charge in [0.05, 0.1) is 16.7 Å². The van der Waals surface area contributed by atoms with Gasteiger partial charge in [0.2, 0.25) is 5.91 Å². The van der Waals surface area contributed by atoms with E-state index < -0.39 is 94.5 Å². The Morgan fingerprint density at radius 2 is 1.40 bits per heavy atom. The summed E-state index contributed by atoms with van der Waals surface area (Å²) in [5.41, 5.74) is -7.53. The van der Waals surface area contributed by atoms with Gasteiger partial charge in [0.1, 0.15) is 30.1 Å². The van der Waals surface area contributed by atoms with Crippen LogP contribution in [0.25, 0.3) is 5.83 Å². The van der Waals surface area contributed by atoms with Gasteiger partial charge in [-0.05, 0) is 42.8 Å². The molecule has 42 heavy (non-hydrogen) atoms. The minimum Gasteiger partial charge on any atom is -0.345 e. The average molecular weight is 630 g/mol. The molecule has 2 atom stereocenters. The number of carbonyl (C=O) groups is 2. The number of rotatable bonds is 7. The summed E-state index contributed by atoms with van der Waals surface area (Å²) in [5.74, 6) is -10.3. The van der Waals surface area contributed by atoms with Crippen LogP contribution < -0.4 is 10.6 Å². The fourth-order valence-electron chi connectivity index (χ4n) is 3.38. The van der Waals surface area contributed by atoms with Crippen LogP contribution in [0.2, 0.25) is 0 Å². The second kappa shape index (κ2) is 12.2. The Kier molecular flexibility index (Phi) is 9.95. The molecule has 1 unspecified atom stereocenters. The summed E-state index contributed by atoms with van der Waals surface area (Å²) < 4.78 is 185. The first-order chi connectivity index (χ1) is 18.9. The molecule has 0 saturated heterocycles. The molecule has 0 fully saturated rings. The predicted molar refractivity (Wildman–Crippen MR) is 117 cm³/mol. The molecule has 0 bridgehead atoms. The summed E-state index contributed by atoms with van der Waals surface area (Å²) in [4.78, 5) is 24.0. The fraction of sp³-hybridized carbons (Fsp3) is 0.333. The topological polar surface area (TPSA) is 58.2 Å². The average Bonchev–Trinajstić information content (AvgIpc) is 2.82. The molecule has 2 amide bonds. The highest BCUT2D eigenvalue weighted by Gasteiger charge is 2.42. The SMILES string of the molecule is C[C@@H](NC(=O)c1ccc(/C(F)=C/C(c2ccc(C(F)(F)F)c(F)c2)C(F)(F)F)cc1C(F)(F)F)C(=O)NCC(F)(F)F. The van der Waals surface area contributed by atoms with Crippen LogP contribution in [-0.4, -0.2) is 36.8 Å². The van der Waals surface area contributed by atoms with Crippen LogP contribution in [-0.2, 0) is 17.1 Å². The maximum atomic E-state index is 14.8. The van der Waals surface area contributed by atoms with E-state index in [1.54, 1.807) is 5.32 Å². The van der Waals surface area contributed by atoms with E-state index in [1.807, 2.05) is 0 Å². The lowest BCUT2D eigenvalue weighted by Gasteiger charge is -2.20. The fourth-order valence-corrected chi connectivity index (χ4v) is 3.38. The lowest BCUT2D eigenvalue weighted by molar-refractivity contribution is -0.141. The first kappa shape index (κ1) is 34.3. The van der Waals surface area contributed by atoms with Gasteiger partial charge >= 0.3 is 24.7 Å². The van der Waals surface area contributed by atoms with Gasteiger partial charge in [0, 0.05) is 5.56 Å². The molecular formula is C24H16F14N2O2. The van der Waals surface area contributed by atoms with E-state index in [0.29, 0.717) is 12.1 Å². The van der Waals surface area contributed by atoms with Crippen molar-refractivity contribution in [3.8, 4) is 0 Å².